The van der Waals surface area contributed by atoms with E-state index in [2.05, 4.69) is 4.90 Å². The van der Waals surface area contributed by atoms with Crippen LogP contribution in [0.3, 0.4) is 0 Å². The minimum atomic E-state index is 0.298. The zero-order chi connectivity index (χ0) is 11.4. The van der Waals surface area contributed by atoms with Gasteiger partial charge in [-0.3, -0.25) is 4.90 Å². The molecule has 1 saturated heterocycles. The van der Waals surface area contributed by atoms with Crippen LogP contribution in [0.4, 0.5) is 0 Å². The molecule has 1 aromatic carbocycles. The Hall–Kier alpha value is -1.06. The van der Waals surface area contributed by atoms with Crippen molar-refractivity contribution in [2.24, 2.45) is 5.92 Å². The Morgan fingerprint density at radius 3 is 2.69 bits per heavy atom. The summed E-state index contributed by atoms with van der Waals surface area (Å²) in [6, 6.07) is 7.36. The van der Waals surface area contributed by atoms with Gasteiger partial charge in [-0.2, -0.15) is 0 Å². The lowest BCUT2D eigenvalue weighted by molar-refractivity contribution is 0.116. The fourth-order valence-electron chi connectivity index (χ4n) is 2.30. The largest absolute Gasteiger partial charge is 0.508 e. The lowest BCUT2D eigenvalue weighted by Gasteiger charge is -2.31. The van der Waals surface area contributed by atoms with Gasteiger partial charge in [-0.25, -0.2) is 0 Å². The molecule has 0 unspecified atom stereocenters. The average Bonchev–Trinajstić information content (AvgIpc) is 2.32. The lowest BCUT2D eigenvalue weighted by atomic mass is 9.98. The number of rotatable bonds is 3. The molecule has 1 heterocycles. The third kappa shape index (κ3) is 2.97. The highest BCUT2D eigenvalue weighted by molar-refractivity contribution is 5.25. The van der Waals surface area contributed by atoms with Gasteiger partial charge in [0.25, 0.3) is 0 Å². The van der Waals surface area contributed by atoms with Crippen LogP contribution in [0.5, 0.6) is 5.75 Å². The Labute approximate surface area is 96.3 Å². The first-order valence-corrected chi connectivity index (χ1v) is 5.89. The third-order valence-electron chi connectivity index (χ3n) is 3.20. The van der Waals surface area contributed by atoms with Crippen molar-refractivity contribution >= 4 is 0 Å². The van der Waals surface area contributed by atoms with E-state index in [1.54, 1.807) is 12.1 Å². The Morgan fingerprint density at radius 1 is 1.25 bits per heavy atom. The van der Waals surface area contributed by atoms with Crippen LogP contribution >= 0.6 is 0 Å². The van der Waals surface area contributed by atoms with Crippen molar-refractivity contribution in [3.63, 3.8) is 0 Å². The molecule has 0 aromatic heterocycles. The van der Waals surface area contributed by atoms with Crippen LogP contribution in [-0.2, 0) is 6.54 Å². The highest BCUT2D eigenvalue weighted by Gasteiger charge is 2.18. The van der Waals surface area contributed by atoms with Gasteiger partial charge in [0, 0.05) is 19.7 Å². The summed E-state index contributed by atoms with van der Waals surface area (Å²) in [5.74, 6) is 0.751. The molecular weight excluding hydrogens is 202 g/mol. The fraction of sp³-hybridized carbons (Fsp3) is 0.538. The molecule has 3 nitrogen and oxygen atoms in total. The highest BCUT2D eigenvalue weighted by atomic mass is 16.3. The van der Waals surface area contributed by atoms with E-state index in [9.17, 15) is 5.11 Å². The van der Waals surface area contributed by atoms with Gasteiger partial charge in [-0.15, -0.1) is 0 Å². The van der Waals surface area contributed by atoms with E-state index in [1.807, 2.05) is 12.1 Å². The Morgan fingerprint density at radius 2 is 2.00 bits per heavy atom. The number of phenols is 1. The minimum absolute atomic E-state index is 0.298. The molecule has 0 aliphatic carbocycles. The molecule has 0 spiro atoms. The van der Waals surface area contributed by atoms with Crippen molar-refractivity contribution in [1.82, 2.24) is 4.90 Å². The molecule has 0 bridgehead atoms. The predicted octanol–water partition coefficient (Wildman–Crippen LogP) is 1.60. The van der Waals surface area contributed by atoms with Gasteiger partial charge in [0.15, 0.2) is 0 Å². The van der Waals surface area contributed by atoms with Crippen LogP contribution in [0.25, 0.3) is 0 Å². The Kier molecular flexibility index (Phi) is 3.80. The SMILES string of the molecule is OC[C@H]1CCCN(Cc2ccc(O)cc2)C1. The van der Waals surface area contributed by atoms with Gasteiger partial charge in [0.1, 0.15) is 5.75 Å². The number of hydrogen-bond donors (Lipinski definition) is 2. The van der Waals surface area contributed by atoms with Crippen molar-refractivity contribution < 1.29 is 10.2 Å². The fourth-order valence-corrected chi connectivity index (χ4v) is 2.30. The maximum Gasteiger partial charge on any atom is 0.115 e. The topological polar surface area (TPSA) is 43.7 Å². The summed E-state index contributed by atoms with van der Waals surface area (Å²) in [5.41, 5.74) is 1.22. The molecule has 1 aliphatic heterocycles. The van der Waals surface area contributed by atoms with Crippen molar-refractivity contribution in [1.29, 1.82) is 0 Å². The molecule has 1 aromatic rings. The highest BCUT2D eigenvalue weighted by Crippen LogP contribution is 2.18. The molecule has 0 saturated carbocycles. The van der Waals surface area contributed by atoms with E-state index in [1.165, 1.54) is 12.0 Å². The third-order valence-corrected chi connectivity index (χ3v) is 3.20. The Balaban J connectivity index is 1.91. The number of piperidine rings is 1. The standard InChI is InChI=1S/C13H19NO2/c15-10-12-2-1-7-14(9-12)8-11-3-5-13(16)6-4-11/h3-6,12,15-16H,1-2,7-10H2/t12-/m0/s1. The minimum Gasteiger partial charge on any atom is -0.508 e. The number of phenolic OH excluding ortho intramolecular Hbond substituents is 1. The normalized spacial score (nSPS) is 22.2. The number of likely N-dealkylation sites (tertiary alicyclic amines) is 1. The first-order valence-electron chi connectivity index (χ1n) is 5.89. The van der Waals surface area contributed by atoms with Crippen molar-refractivity contribution in [3.8, 4) is 5.75 Å². The summed E-state index contributed by atoms with van der Waals surface area (Å²) in [4.78, 5) is 2.37. The van der Waals surface area contributed by atoms with Crippen LogP contribution in [0.15, 0.2) is 24.3 Å². The van der Waals surface area contributed by atoms with E-state index >= 15 is 0 Å². The predicted molar refractivity (Wildman–Crippen MR) is 63.2 cm³/mol. The van der Waals surface area contributed by atoms with Gasteiger partial charge in [-0.1, -0.05) is 12.1 Å². The zero-order valence-corrected chi connectivity index (χ0v) is 9.47. The van der Waals surface area contributed by atoms with Crippen LogP contribution in [0.2, 0.25) is 0 Å². The van der Waals surface area contributed by atoms with Crippen LogP contribution in [0, 0.1) is 5.92 Å². The summed E-state index contributed by atoms with van der Waals surface area (Å²) in [6.45, 7) is 3.30. The number of nitrogens with zero attached hydrogens (tertiary/aromatic N) is 1. The molecule has 2 N–H and O–H groups in total. The molecule has 16 heavy (non-hydrogen) atoms. The second-order valence-corrected chi connectivity index (χ2v) is 4.59. The lowest BCUT2D eigenvalue weighted by Crippen LogP contribution is -2.36. The first kappa shape index (κ1) is 11.4. The molecule has 0 amide bonds. The molecule has 1 aliphatic rings. The summed E-state index contributed by atoms with van der Waals surface area (Å²) in [6.07, 6.45) is 2.31. The van der Waals surface area contributed by atoms with Crippen LogP contribution in [-0.4, -0.2) is 34.8 Å². The second-order valence-electron chi connectivity index (χ2n) is 4.59. The van der Waals surface area contributed by atoms with E-state index in [0.717, 1.165) is 26.1 Å². The summed E-state index contributed by atoms with van der Waals surface area (Å²) >= 11 is 0. The molecule has 1 fully saturated rings. The van der Waals surface area contributed by atoms with Gasteiger partial charge < -0.3 is 10.2 Å². The Bertz CT molecular complexity index is 323. The quantitative estimate of drug-likeness (QED) is 0.814. The summed E-state index contributed by atoms with van der Waals surface area (Å²) < 4.78 is 0. The number of benzene rings is 1. The first-order chi connectivity index (χ1) is 7.78. The summed E-state index contributed by atoms with van der Waals surface area (Å²) in [5, 5.41) is 18.3. The molecule has 1 atom stereocenters. The van der Waals surface area contributed by atoms with Crippen molar-refractivity contribution in [2.45, 2.75) is 19.4 Å². The monoisotopic (exact) mass is 221 g/mol. The van der Waals surface area contributed by atoms with Gasteiger partial charge in [0.2, 0.25) is 0 Å². The van der Waals surface area contributed by atoms with Gasteiger partial charge in [0.05, 0.1) is 0 Å². The van der Waals surface area contributed by atoms with Gasteiger partial charge >= 0.3 is 0 Å². The van der Waals surface area contributed by atoms with Gasteiger partial charge in [-0.05, 0) is 43.0 Å². The molecule has 3 heteroatoms. The molecule has 88 valence electrons. The van der Waals surface area contributed by atoms with Crippen LogP contribution in [0.1, 0.15) is 18.4 Å². The molecule has 2 rings (SSSR count). The zero-order valence-electron chi connectivity index (χ0n) is 9.47. The average molecular weight is 221 g/mol. The maximum atomic E-state index is 9.20. The maximum absolute atomic E-state index is 9.20. The smallest absolute Gasteiger partial charge is 0.115 e. The van der Waals surface area contributed by atoms with E-state index in [4.69, 9.17) is 5.11 Å². The second kappa shape index (κ2) is 5.32. The van der Waals surface area contributed by atoms with E-state index in [-0.39, 0.29) is 0 Å². The number of hydrogen-bond acceptors (Lipinski definition) is 3. The number of aliphatic hydroxyl groups excluding tert-OH is 1. The van der Waals surface area contributed by atoms with E-state index in [0.29, 0.717) is 18.3 Å². The summed E-state index contributed by atoms with van der Waals surface area (Å²) in [7, 11) is 0. The van der Waals surface area contributed by atoms with Crippen molar-refractivity contribution in [2.75, 3.05) is 19.7 Å². The van der Waals surface area contributed by atoms with Crippen molar-refractivity contribution in [3.05, 3.63) is 29.8 Å². The molecular formula is C13H19NO2. The van der Waals surface area contributed by atoms with Crippen LogP contribution < -0.4 is 0 Å². The molecule has 0 radical (unpaired) electrons. The number of aliphatic hydroxyl groups is 1. The van der Waals surface area contributed by atoms with E-state index < -0.39 is 0 Å². The number of aromatic hydroxyl groups is 1.